The Bertz CT molecular complexity index is 356. The lowest BCUT2D eigenvalue weighted by atomic mass is 10.3. The first-order valence-corrected chi connectivity index (χ1v) is 2.86. The molecule has 1 heterocycles. The summed E-state index contributed by atoms with van der Waals surface area (Å²) in [6, 6.07) is 5.07. The predicted octanol–water partition coefficient (Wildman–Crippen LogP) is 0.825. The molecule has 5 N–H and O–H groups in total. The molecule has 0 unspecified atom stereocenters. The lowest BCUT2D eigenvalue weighted by Gasteiger charge is -1.87. The third-order valence-electron chi connectivity index (χ3n) is 1.33. The largest absolute Gasteiger partial charge is 0.506 e. The van der Waals surface area contributed by atoms with E-state index in [9.17, 15) is 0 Å². The molecular weight excluding hydrogens is 144 g/mol. The predicted molar refractivity (Wildman–Crippen MR) is 40.6 cm³/mol. The topological polar surface area (TPSA) is 96.8 Å². The van der Waals surface area contributed by atoms with Gasteiger partial charge in [0.2, 0.25) is 0 Å². The monoisotopic (exact) mass is 152 g/mol. The van der Waals surface area contributed by atoms with Crippen LogP contribution in [0.4, 0.5) is 0 Å². The first kappa shape index (κ1) is 7.49. The summed E-state index contributed by atoms with van der Waals surface area (Å²) in [5.41, 5.74) is 1.20. The molecule has 0 saturated carbocycles. The highest BCUT2D eigenvalue weighted by molar-refractivity contribution is 5.79. The summed E-state index contributed by atoms with van der Waals surface area (Å²) < 4.78 is 0. The Kier molecular flexibility index (Phi) is 1.74. The second-order valence-electron chi connectivity index (χ2n) is 1.97. The van der Waals surface area contributed by atoms with E-state index in [0.717, 1.165) is 0 Å². The lowest BCUT2D eigenvalue weighted by molar-refractivity contribution is 0.480. The third kappa shape index (κ3) is 1.01. The van der Waals surface area contributed by atoms with Crippen LogP contribution in [0, 0.1) is 0 Å². The fourth-order valence-electron chi connectivity index (χ4n) is 0.853. The SMILES string of the molecule is N.Oc1cccc2n[nH]nc12. The molecule has 2 aromatic rings. The molecule has 0 saturated heterocycles. The first-order chi connectivity index (χ1) is 4.88. The van der Waals surface area contributed by atoms with Gasteiger partial charge in [0.1, 0.15) is 11.3 Å². The number of hydrogen-bond donors (Lipinski definition) is 3. The van der Waals surface area contributed by atoms with Crippen molar-refractivity contribution in [2.75, 3.05) is 0 Å². The van der Waals surface area contributed by atoms with Crippen LogP contribution in [0.25, 0.3) is 11.0 Å². The molecular formula is C6H8N4O. The van der Waals surface area contributed by atoms with E-state index in [1.807, 2.05) is 0 Å². The fourth-order valence-corrected chi connectivity index (χ4v) is 0.853. The maximum Gasteiger partial charge on any atom is 0.154 e. The summed E-state index contributed by atoms with van der Waals surface area (Å²) in [5, 5.41) is 19.1. The molecule has 0 radical (unpaired) electrons. The van der Waals surface area contributed by atoms with E-state index in [4.69, 9.17) is 5.11 Å². The number of H-pyrrole nitrogens is 1. The zero-order valence-electron chi connectivity index (χ0n) is 5.78. The van der Waals surface area contributed by atoms with Gasteiger partial charge in [0.25, 0.3) is 0 Å². The van der Waals surface area contributed by atoms with Crippen LogP contribution < -0.4 is 6.15 Å². The zero-order valence-corrected chi connectivity index (χ0v) is 5.78. The van der Waals surface area contributed by atoms with Crippen LogP contribution in [0.3, 0.4) is 0 Å². The van der Waals surface area contributed by atoms with E-state index in [2.05, 4.69) is 15.4 Å². The number of aromatic amines is 1. The van der Waals surface area contributed by atoms with E-state index < -0.39 is 0 Å². The number of para-hydroxylation sites is 1. The third-order valence-corrected chi connectivity index (χ3v) is 1.33. The van der Waals surface area contributed by atoms with E-state index in [1.165, 1.54) is 0 Å². The van der Waals surface area contributed by atoms with Gasteiger partial charge < -0.3 is 11.3 Å². The summed E-state index contributed by atoms with van der Waals surface area (Å²) in [6.07, 6.45) is 0. The summed E-state index contributed by atoms with van der Waals surface area (Å²) in [4.78, 5) is 0. The minimum absolute atomic E-state index is 0. The molecule has 5 nitrogen and oxygen atoms in total. The number of fused-ring (bicyclic) bond motifs is 1. The molecule has 58 valence electrons. The van der Waals surface area contributed by atoms with Crippen LogP contribution in [0.15, 0.2) is 18.2 Å². The molecule has 0 aliphatic rings. The van der Waals surface area contributed by atoms with Crippen molar-refractivity contribution in [3.8, 4) is 5.75 Å². The minimum Gasteiger partial charge on any atom is -0.506 e. The summed E-state index contributed by atoms with van der Waals surface area (Å²) in [7, 11) is 0. The van der Waals surface area contributed by atoms with Crippen LogP contribution in [0.1, 0.15) is 0 Å². The van der Waals surface area contributed by atoms with Gasteiger partial charge in [-0.2, -0.15) is 15.4 Å². The van der Waals surface area contributed by atoms with Crippen LogP contribution in [-0.2, 0) is 0 Å². The van der Waals surface area contributed by atoms with Crippen LogP contribution >= 0.6 is 0 Å². The minimum atomic E-state index is 0. The van der Waals surface area contributed by atoms with Crippen molar-refractivity contribution in [2.45, 2.75) is 0 Å². The molecule has 0 spiro atoms. The van der Waals surface area contributed by atoms with Gasteiger partial charge in [-0.3, -0.25) is 0 Å². The molecule has 11 heavy (non-hydrogen) atoms. The standard InChI is InChI=1S/C6H5N3O.H3N/c10-5-3-1-2-4-6(5)8-9-7-4;/h1-3,10H,(H,7,8,9);1H3. The van der Waals surface area contributed by atoms with Crippen LogP contribution in [0.5, 0.6) is 5.75 Å². The number of aromatic hydroxyl groups is 1. The maximum absolute atomic E-state index is 9.14. The van der Waals surface area contributed by atoms with E-state index in [0.29, 0.717) is 11.0 Å². The number of aromatic nitrogens is 3. The van der Waals surface area contributed by atoms with Gasteiger partial charge in [-0.05, 0) is 12.1 Å². The lowest BCUT2D eigenvalue weighted by Crippen LogP contribution is -1.68. The molecule has 0 amide bonds. The molecule has 5 heteroatoms. The Morgan fingerprint density at radius 1 is 1.27 bits per heavy atom. The average molecular weight is 152 g/mol. The fraction of sp³-hybridized carbons (Fsp3) is 0. The van der Waals surface area contributed by atoms with Crippen molar-refractivity contribution in [3.05, 3.63) is 18.2 Å². The van der Waals surface area contributed by atoms with Crippen LogP contribution in [-0.4, -0.2) is 20.5 Å². The quantitative estimate of drug-likeness (QED) is 0.520. The summed E-state index contributed by atoms with van der Waals surface area (Å²) >= 11 is 0. The zero-order chi connectivity index (χ0) is 6.97. The number of rotatable bonds is 0. The van der Waals surface area contributed by atoms with Crippen LogP contribution in [0.2, 0.25) is 0 Å². The molecule has 0 aliphatic carbocycles. The van der Waals surface area contributed by atoms with E-state index in [1.54, 1.807) is 18.2 Å². The highest BCUT2D eigenvalue weighted by atomic mass is 16.3. The normalized spacial score (nSPS) is 9.45. The maximum atomic E-state index is 9.14. The Morgan fingerprint density at radius 3 is 2.82 bits per heavy atom. The Hall–Kier alpha value is -1.62. The molecule has 1 aromatic carbocycles. The number of nitrogens with one attached hydrogen (secondary N) is 1. The molecule has 0 aliphatic heterocycles. The Labute approximate surface area is 62.6 Å². The molecule has 0 atom stereocenters. The highest BCUT2D eigenvalue weighted by Gasteiger charge is 1.99. The second kappa shape index (κ2) is 2.55. The molecule has 2 rings (SSSR count). The van der Waals surface area contributed by atoms with Gasteiger partial charge in [-0.25, -0.2) is 0 Å². The van der Waals surface area contributed by atoms with Crippen molar-refractivity contribution in [2.24, 2.45) is 0 Å². The van der Waals surface area contributed by atoms with Crippen molar-refractivity contribution >= 4 is 11.0 Å². The summed E-state index contributed by atoms with van der Waals surface area (Å²) in [5.74, 6) is 0.159. The second-order valence-corrected chi connectivity index (χ2v) is 1.97. The van der Waals surface area contributed by atoms with Crippen molar-refractivity contribution in [3.63, 3.8) is 0 Å². The van der Waals surface area contributed by atoms with Gasteiger partial charge in [-0.15, -0.1) is 0 Å². The smallest absolute Gasteiger partial charge is 0.154 e. The first-order valence-electron chi connectivity index (χ1n) is 2.86. The van der Waals surface area contributed by atoms with Gasteiger partial charge in [0.05, 0.1) is 0 Å². The van der Waals surface area contributed by atoms with Gasteiger partial charge >= 0.3 is 0 Å². The van der Waals surface area contributed by atoms with Gasteiger partial charge in [-0.1, -0.05) is 6.07 Å². The van der Waals surface area contributed by atoms with Crippen molar-refractivity contribution < 1.29 is 5.11 Å². The number of hydrogen-bond acceptors (Lipinski definition) is 4. The molecule has 0 bridgehead atoms. The summed E-state index contributed by atoms with van der Waals surface area (Å²) in [6.45, 7) is 0. The molecule has 0 fully saturated rings. The van der Waals surface area contributed by atoms with Gasteiger partial charge in [0.15, 0.2) is 5.52 Å². The van der Waals surface area contributed by atoms with E-state index >= 15 is 0 Å². The molecule has 1 aromatic heterocycles. The van der Waals surface area contributed by atoms with Gasteiger partial charge in [0, 0.05) is 0 Å². The number of benzene rings is 1. The number of nitrogens with zero attached hydrogens (tertiary/aromatic N) is 2. The van der Waals surface area contributed by atoms with Crippen molar-refractivity contribution in [1.29, 1.82) is 0 Å². The van der Waals surface area contributed by atoms with E-state index in [-0.39, 0.29) is 11.9 Å². The number of phenols is 1. The van der Waals surface area contributed by atoms with Crippen molar-refractivity contribution in [1.82, 2.24) is 21.6 Å². The average Bonchev–Trinajstić information content (AvgIpc) is 2.36. The Morgan fingerprint density at radius 2 is 2.09 bits per heavy atom. The highest BCUT2D eigenvalue weighted by Crippen LogP contribution is 2.18. The Balaban J connectivity index is 0.000000605. The number of phenolic OH excluding ortho intramolecular Hbond substituents is 1.